The van der Waals surface area contributed by atoms with Gasteiger partial charge in [0.2, 0.25) is 0 Å². The number of hydrazone groups is 1. The summed E-state index contributed by atoms with van der Waals surface area (Å²) in [7, 11) is 4.36. The van der Waals surface area contributed by atoms with Crippen LogP contribution in [0.3, 0.4) is 0 Å². The second kappa shape index (κ2) is 12.3. The Morgan fingerprint density at radius 3 is 2.37 bits per heavy atom. The van der Waals surface area contributed by atoms with Gasteiger partial charge in [-0.25, -0.2) is 10.2 Å². The molecule has 1 N–H and O–H groups in total. The first-order valence-electron chi connectivity index (χ1n) is 12.6. The van der Waals surface area contributed by atoms with Crippen LogP contribution in [0.4, 0.5) is 0 Å². The summed E-state index contributed by atoms with van der Waals surface area (Å²) in [6.45, 7) is 0.0929. The molecule has 0 fully saturated rings. The van der Waals surface area contributed by atoms with Gasteiger partial charge < -0.3 is 9.47 Å². The Kier molecular flexibility index (Phi) is 8.58. The molecule has 0 saturated carbocycles. The Balaban J connectivity index is 1.49. The molecule has 0 atom stereocenters. The van der Waals surface area contributed by atoms with E-state index in [0.717, 1.165) is 4.57 Å². The normalized spacial score (nSPS) is 11.3. The zero-order valence-electron chi connectivity index (χ0n) is 23.0. The van der Waals surface area contributed by atoms with Gasteiger partial charge in [0.15, 0.2) is 22.7 Å². The SMILES string of the molecule is COc1cc(/C=N\NC(=O)c2ccc(Cl)cc2)ccc1Oc1nc2c(c(=O)n(C)c(=O)n2C)n1Cc1ccc(Cl)cc1Cl. The molecule has 220 valence electrons. The first-order chi connectivity index (χ1) is 20.6. The van der Waals surface area contributed by atoms with Crippen LogP contribution in [0.15, 0.2) is 75.4 Å². The topological polar surface area (TPSA) is 122 Å². The molecule has 0 aliphatic rings. The number of hydrogen-bond donors (Lipinski definition) is 1. The van der Waals surface area contributed by atoms with Crippen molar-refractivity contribution >= 4 is 58.1 Å². The van der Waals surface area contributed by atoms with E-state index in [4.69, 9.17) is 44.3 Å². The molecule has 43 heavy (non-hydrogen) atoms. The highest BCUT2D eigenvalue weighted by Crippen LogP contribution is 2.34. The van der Waals surface area contributed by atoms with Gasteiger partial charge in [0.25, 0.3) is 11.5 Å². The van der Waals surface area contributed by atoms with Crippen LogP contribution in [0.25, 0.3) is 11.2 Å². The monoisotopic (exact) mass is 640 g/mol. The van der Waals surface area contributed by atoms with E-state index in [1.807, 2.05) is 0 Å². The highest BCUT2D eigenvalue weighted by molar-refractivity contribution is 6.35. The second-order valence-corrected chi connectivity index (χ2v) is 10.6. The Morgan fingerprint density at radius 2 is 1.67 bits per heavy atom. The number of nitrogens with one attached hydrogen (secondary N) is 1. The van der Waals surface area contributed by atoms with Crippen molar-refractivity contribution in [3.8, 4) is 17.5 Å². The predicted octanol–water partition coefficient (Wildman–Crippen LogP) is 5.01. The summed E-state index contributed by atoms with van der Waals surface area (Å²) in [6, 6.07) is 16.4. The first-order valence-corrected chi connectivity index (χ1v) is 13.8. The summed E-state index contributed by atoms with van der Waals surface area (Å²) in [5.74, 6) is 0.184. The molecule has 0 unspecified atom stereocenters. The van der Waals surface area contributed by atoms with Crippen LogP contribution in [0.2, 0.25) is 15.1 Å². The van der Waals surface area contributed by atoms with Gasteiger partial charge in [0.1, 0.15) is 0 Å². The van der Waals surface area contributed by atoms with Crippen molar-refractivity contribution in [3.05, 3.63) is 113 Å². The van der Waals surface area contributed by atoms with Gasteiger partial charge >= 0.3 is 11.7 Å². The molecule has 0 bridgehead atoms. The van der Waals surface area contributed by atoms with Crippen LogP contribution < -0.4 is 26.1 Å². The van der Waals surface area contributed by atoms with Crippen LogP contribution in [0.1, 0.15) is 21.5 Å². The van der Waals surface area contributed by atoms with E-state index in [1.54, 1.807) is 60.7 Å². The smallest absolute Gasteiger partial charge is 0.332 e. The lowest BCUT2D eigenvalue weighted by molar-refractivity contribution is 0.0955. The molecular weight excluding hydrogens is 619 g/mol. The fourth-order valence-corrected chi connectivity index (χ4v) is 4.84. The number of aryl methyl sites for hydroxylation is 1. The number of methoxy groups -OCH3 is 1. The van der Waals surface area contributed by atoms with E-state index < -0.39 is 17.2 Å². The van der Waals surface area contributed by atoms with Crippen molar-refractivity contribution in [1.82, 2.24) is 24.1 Å². The highest BCUT2D eigenvalue weighted by atomic mass is 35.5. The number of halogens is 3. The molecule has 0 radical (unpaired) electrons. The summed E-state index contributed by atoms with van der Waals surface area (Å²) in [5.41, 5.74) is 3.28. The van der Waals surface area contributed by atoms with Gasteiger partial charge in [-0.2, -0.15) is 10.1 Å². The number of benzene rings is 3. The fraction of sp³-hybridized carbons (Fsp3) is 0.138. The van der Waals surface area contributed by atoms with Crippen molar-refractivity contribution in [2.75, 3.05) is 7.11 Å². The number of hydrogen-bond acceptors (Lipinski definition) is 7. The lowest BCUT2D eigenvalue weighted by Gasteiger charge is -2.13. The van der Waals surface area contributed by atoms with Crippen LogP contribution in [-0.4, -0.2) is 37.9 Å². The van der Waals surface area contributed by atoms with Gasteiger partial charge in [-0.15, -0.1) is 0 Å². The highest BCUT2D eigenvalue weighted by Gasteiger charge is 2.22. The molecule has 1 amide bonds. The average Bonchev–Trinajstić information content (AvgIpc) is 3.35. The Hall–Kier alpha value is -4.58. The fourth-order valence-electron chi connectivity index (χ4n) is 4.25. The number of aromatic nitrogens is 4. The maximum absolute atomic E-state index is 13.2. The molecule has 2 heterocycles. The van der Waals surface area contributed by atoms with Gasteiger partial charge in [-0.05, 0) is 65.7 Å². The molecule has 11 nitrogen and oxygen atoms in total. The summed E-state index contributed by atoms with van der Waals surface area (Å²) in [4.78, 5) is 42.7. The van der Waals surface area contributed by atoms with Crippen molar-refractivity contribution < 1.29 is 14.3 Å². The van der Waals surface area contributed by atoms with Crippen molar-refractivity contribution in [1.29, 1.82) is 0 Å². The molecule has 5 aromatic rings. The number of amides is 1. The van der Waals surface area contributed by atoms with Gasteiger partial charge in [-0.1, -0.05) is 40.9 Å². The van der Waals surface area contributed by atoms with Gasteiger partial charge in [0.05, 0.1) is 19.9 Å². The molecule has 0 spiro atoms. The van der Waals surface area contributed by atoms with E-state index >= 15 is 0 Å². The number of carbonyl (C=O) groups is 1. The molecular formula is C29H23Cl3N6O5. The van der Waals surface area contributed by atoms with Crippen LogP contribution in [0, 0.1) is 0 Å². The van der Waals surface area contributed by atoms with E-state index in [0.29, 0.717) is 37.5 Å². The minimum atomic E-state index is -0.551. The number of carbonyl (C=O) groups excluding carboxylic acids is 1. The quantitative estimate of drug-likeness (QED) is 0.188. The van der Waals surface area contributed by atoms with E-state index in [-0.39, 0.29) is 29.5 Å². The lowest BCUT2D eigenvalue weighted by Crippen LogP contribution is -2.37. The van der Waals surface area contributed by atoms with Crippen molar-refractivity contribution in [2.24, 2.45) is 19.2 Å². The predicted molar refractivity (Wildman–Crippen MR) is 165 cm³/mol. The molecule has 2 aromatic heterocycles. The molecule has 0 aliphatic carbocycles. The van der Waals surface area contributed by atoms with E-state index in [1.165, 1.54) is 36.6 Å². The summed E-state index contributed by atoms with van der Waals surface area (Å²) in [5, 5.41) is 5.36. The Morgan fingerprint density at radius 1 is 0.953 bits per heavy atom. The zero-order valence-corrected chi connectivity index (χ0v) is 25.2. The minimum Gasteiger partial charge on any atom is -0.493 e. The third-order valence-corrected chi connectivity index (χ3v) is 7.37. The average molecular weight is 642 g/mol. The maximum atomic E-state index is 13.2. The summed E-state index contributed by atoms with van der Waals surface area (Å²) >= 11 is 18.4. The largest absolute Gasteiger partial charge is 0.493 e. The second-order valence-electron chi connectivity index (χ2n) is 9.31. The van der Waals surface area contributed by atoms with E-state index in [9.17, 15) is 14.4 Å². The third kappa shape index (κ3) is 6.14. The Labute approximate surface area is 259 Å². The number of ether oxygens (including phenoxy) is 2. The van der Waals surface area contributed by atoms with Gasteiger partial charge in [0, 0.05) is 34.7 Å². The van der Waals surface area contributed by atoms with Crippen LogP contribution in [-0.2, 0) is 20.6 Å². The third-order valence-electron chi connectivity index (χ3n) is 6.53. The van der Waals surface area contributed by atoms with Crippen LogP contribution >= 0.6 is 34.8 Å². The van der Waals surface area contributed by atoms with Gasteiger partial charge in [-0.3, -0.25) is 23.3 Å². The molecule has 14 heteroatoms. The lowest BCUT2D eigenvalue weighted by atomic mass is 10.2. The zero-order chi connectivity index (χ0) is 30.8. The molecule has 5 rings (SSSR count). The van der Waals surface area contributed by atoms with Crippen LogP contribution in [0.5, 0.6) is 17.5 Å². The Bertz CT molecular complexity index is 2010. The number of imidazole rings is 1. The molecule has 0 aliphatic heterocycles. The molecule has 3 aromatic carbocycles. The minimum absolute atomic E-state index is 0.0225. The maximum Gasteiger partial charge on any atom is 0.332 e. The van der Waals surface area contributed by atoms with Crippen molar-refractivity contribution in [3.63, 3.8) is 0 Å². The number of rotatable bonds is 8. The molecule has 0 saturated heterocycles. The van der Waals surface area contributed by atoms with E-state index in [2.05, 4.69) is 15.5 Å². The summed E-state index contributed by atoms with van der Waals surface area (Å²) < 4.78 is 15.5. The number of fused-ring (bicyclic) bond motifs is 1. The summed E-state index contributed by atoms with van der Waals surface area (Å²) in [6.07, 6.45) is 1.44. The first kappa shape index (κ1) is 29.9. The number of nitrogens with zero attached hydrogens (tertiary/aromatic N) is 5. The van der Waals surface area contributed by atoms with Crippen molar-refractivity contribution in [2.45, 2.75) is 6.54 Å². The standard InChI is InChI=1S/C29H23Cl3N6O5/c1-36-25-24(27(40)37(2)29(36)41)38(15-18-7-10-20(31)13-21(18)32)28(34-25)43-22-11-4-16(12-23(22)42-3)14-33-35-26(39)17-5-8-19(30)9-6-17/h4-14H,15H2,1-3H3,(H,35,39)/b33-14-.